The van der Waals surface area contributed by atoms with E-state index < -0.39 is 0 Å². The second-order valence-corrected chi connectivity index (χ2v) is 7.57. The average molecular weight is 339 g/mol. The van der Waals surface area contributed by atoms with Gasteiger partial charge in [-0.1, -0.05) is 33.1 Å². The molecule has 6 heteroatoms. The van der Waals surface area contributed by atoms with Crippen LogP contribution in [0.15, 0.2) is 23.3 Å². The molecule has 0 saturated heterocycles. The first-order valence-corrected chi connectivity index (χ1v) is 9.38. The summed E-state index contributed by atoms with van der Waals surface area (Å²) in [7, 11) is 0. The van der Waals surface area contributed by atoms with Gasteiger partial charge >= 0.3 is 0 Å². The molecule has 1 aliphatic carbocycles. The van der Waals surface area contributed by atoms with Gasteiger partial charge in [0, 0.05) is 24.9 Å². The summed E-state index contributed by atoms with van der Waals surface area (Å²) in [6, 6.07) is 1.96. The highest BCUT2D eigenvalue weighted by Gasteiger charge is 2.21. The van der Waals surface area contributed by atoms with Gasteiger partial charge in [-0.3, -0.25) is 4.79 Å². The van der Waals surface area contributed by atoms with E-state index in [1.807, 2.05) is 12.3 Å². The summed E-state index contributed by atoms with van der Waals surface area (Å²) in [5.74, 6) is 2.46. The lowest BCUT2D eigenvalue weighted by molar-refractivity contribution is 0.429. The molecule has 3 aromatic rings. The highest BCUT2D eigenvalue weighted by molar-refractivity contribution is 5.78. The predicted molar refractivity (Wildman–Crippen MR) is 97.8 cm³/mol. The Balaban J connectivity index is 1.76. The van der Waals surface area contributed by atoms with Crippen LogP contribution in [0.1, 0.15) is 64.1 Å². The van der Waals surface area contributed by atoms with E-state index in [2.05, 4.69) is 23.8 Å². The van der Waals surface area contributed by atoms with Crippen LogP contribution in [0.5, 0.6) is 0 Å². The Morgan fingerprint density at radius 3 is 2.80 bits per heavy atom. The Labute approximate surface area is 146 Å². The number of aromatic nitrogens is 5. The smallest absolute Gasteiger partial charge is 0.261 e. The van der Waals surface area contributed by atoms with Crippen LogP contribution < -0.4 is 5.56 Å². The maximum Gasteiger partial charge on any atom is 0.261 e. The van der Waals surface area contributed by atoms with Gasteiger partial charge < -0.3 is 4.57 Å². The number of hydrogen-bond donors (Lipinski definition) is 0. The van der Waals surface area contributed by atoms with Crippen molar-refractivity contribution in [3.8, 4) is 0 Å². The van der Waals surface area contributed by atoms with E-state index in [9.17, 15) is 4.79 Å². The standard InChI is InChI=1S/C19H25N5O/c1-13(2)8-10-23-11-9-16-15(18(23)25)12-20-19-21-17(22-24(16)19)14-6-4-3-5-7-14/h9,11-14H,3-8,10H2,1-2H3. The zero-order valence-electron chi connectivity index (χ0n) is 15.0. The van der Waals surface area contributed by atoms with Crippen molar-refractivity contribution in [1.82, 2.24) is 24.1 Å². The Morgan fingerprint density at radius 2 is 2.04 bits per heavy atom. The maximum atomic E-state index is 12.8. The lowest BCUT2D eigenvalue weighted by Gasteiger charge is -2.17. The van der Waals surface area contributed by atoms with Gasteiger partial charge in [-0.2, -0.15) is 9.50 Å². The largest absolute Gasteiger partial charge is 0.315 e. The Hall–Kier alpha value is -2.24. The normalized spacial score (nSPS) is 16.3. The van der Waals surface area contributed by atoms with Crippen LogP contribution in [0.4, 0.5) is 0 Å². The monoisotopic (exact) mass is 339 g/mol. The zero-order chi connectivity index (χ0) is 17.4. The number of aryl methyl sites for hydroxylation is 1. The topological polar surface area (TPSA) is 65.1 Å². The molecule has 6 nitrogen and oxygen atoms in total. The summed E-state index contributed by atoms with van der Waals surface area (Å²) in [6.45, 7) is 5.06. The summed E-state index contributed by atoms with van der Waals surface area (Å²) < 4.78 is 3.52. The molecule has 0 radical (unpaired) electrons. The van der Waals surface area contributed by atoms with E-state index >= 15 is 0 Å². The fourth-order valence-corrected chi connectivity index (χ4v) is 3.68. The molecule has 0 amide bonds. The third kappa shape index (κ3) is 3.05. The molecule has 0 bridgehead atoms. The van der Waals surface area contributed by atoms with Gasteiger partial charge in [-0.05, 0) is 31.2 Å². The minimum atomic E-state index is 0.00210. The Bertz CT molecular complexity index is 949. The lowest BCUT2D eigenvalue weighted by Crippen LogP contribution is -2.21. The molecular formula is C19H25N5O. The summed E-state index contributed by atoms with van der Waals surface area (Å²) in [5, 5.41) is 5.31. The second kappa shape index (κ2) is 6.58. The highest BCUT2D eigenvalue weighted by atomic mass is 16.1. The fraction of sp³-hybridized carbons (Fsp3) is 0.579. The molecule has 132 valence electrons. The van der Waals surface area contributed by atoms with Crippen molar-refractivity contribution in [1.29, 1.82) is 0 Å². The molecule has 3 heterocycles. The van der Waals surface area contributed by atoms with E-state index in [0.29, 0.717) is 23.0 Å². The van der Waals surface area contributed by atoms with Gasteiger partial charge in [-0.25, -0.2) is 4.98 Å². The summed E-state index contributed by atoms with van der Waals surface area (Å²) in [5.41, 5.74) is 0.799. The van der Waals surface area contributed by atoms with Gasteiger partial charge in [0.15, 0.2) is 5.82 Å². The van der Waals surface area contributed by atoms with Crippen LogP contribution in [-0.2, 0) is 6.54 Å². The highest BCUT2D eigenvalue weighted by Crippen LogP contribution is 2.31. The van der Waals surface area contributed by atoms with Crippen molar-refractivity contribution in [3.63, 3.8) is 0 Å². The first kappa shape index (κ1) is 16.2. The molecule has 0 aromatic carbocycles. The molecule has 1 fully saturated rings. The van der Waals surface area contributed by atoms with Crippen LogP contribution in [-0.4, -0.2) is 24.1 Å². The van der Waals surface area contributed by atoms with Crippen molar-refractivity contribution in [2.45, 2.75) is 64.8 Å². The van der Waals surface area contributed by atoms with E-state index in [4.69, 9.17) is 5.10 Å². The minimum Gasteiger partial charge on any atom is -0.315 e. The molecule has 0 atom stereocenters. The minimum absolute atomic E-state index is 0.00210. The summed E-state index contributed by atoms with van der Waals surface area (Å²) in [4.78, 5) is 21.8. The van der Waals surface area contributed by atoms with Crippen LogP contribution in [0.25, 0.3) is 16.7 Å². The van der Waals surface area contributed by atoms with Gasteiger partial charge in [0.1, 0.15) is 0 Å². The number of pyridine rings is 1. The van der Waals surface area contributed by atoms with E-state index in [-0.39, 0.29) is 5.56 Å². The third-order valence-electron chi connectivity index (χ3n) is 5.24. The second-order valence-electron chi connectivity index (χ2n) is 7.57. The third-order valence-corrected chi connectivity index (χ3v) is 5.24. The van der Waals surface area contributed by atoms with Crippen molar-refractivity contribution in [3.05, 3.63) is 34.6 Å². The fourth-order valence-electron chi connectivity index (χ4n) is 3.68. The molecule has 4 rings (SSSR count). The molecular weight excluding hydrogens is 314 g/mol. The molecule has 0 aliphatic heterocycles. The van der Waals surface area contributed by atoms with Gasteiger partial charge in [0.2, 0.25) is 0 Å². The van der Waals surface area contributed by atoms with E-state index in [1.54, 1.807) is 15.3 Å². The Morgan fingerprint density at radius 1 is 1.24 bits per heavy atom. The van der Waals surface area contributed by atoms with Crippen LogP contribution >= 0.6 is 0 Å². The summed E-state index contributed by atoms with van der Waals surface area (Å²) in [6.07, 6.45) is 10.6. The Kier molecular flexibility index (Phi) is 4.27. The molecule has 0 unspecified atom stereocenters. The van der Waals surface area contributed by atoms with Crippen LogP contribution in [0, 0.1) is 5.92 Å². The molecule has 3 aromatic heterocycles. The number of rotatable bonds is 4. The predicted octanol–water partition coefficient (Wildman–Crippen LogP) is 3.53. The van der Waals surface area contributed by atoms with Crippen LogP contribution in [0.2, 0.25) is 0 Å². The molecule has 25 heavy (non-hydrogen) atoms. The quantitative estimate of drug-likeness (QED) is 0.729. The molecule has 0 spiro atoms. The number of fused-ring (bicyclic) bond motifs is 3. The van der Waals surface area contributed by atoms with Gasteiger partial charge in [-0.15, -0.1) is 5.10 Å². The maximum absolute atomic E-state index is 12.8. The van der Waals surface area contributed by atoms with E-state index in [0.717, 1.165) is 37.1 Å². The molecule has 0 N–H and O–H groups in total. The first-order valence-electron chi connectivity index (χ1n) is 9.38. The summed E-state index contributed by atoms with van der Waals surface area (Å²) >= 11 is 0. The van der Waals surface area contributed by atoms with Crippen molar-refractivity contribution >= 4 is 16.7 Å². The molecule has 1 saturated carbocycles. The average Bonchev–Trinajstić information content (AvgIpc) is 3.06. The van der Waals surface area contributed by atoms with E-state index in [1.165, 1.54) is 19.3 Å². The number of hydrogen-bond acceptors (Lipinski definition) is 4. The van der Waals surface area contributed by atoms with Gasteiger partial charge in [0.25, 0.3) is 11.3 Å². The first-order chi connectivity index (χ1) is 12.1. The van der Waals surface area contributed by atoms with Crippen molar-refractivity contribution in [2.75, 3.05) is 0 Å². The van der Waals surface area contributed by atoms with Crippen molar-refractivity contribution < 1.29 is 0 Å². The molecule has 1 aliphatic rings. The van der Waals surface area contributed by atoms with Crippen molar-refractivity contribution in [2.24, 2.45) is 5.92 Å². The SMILES string of the molecule is CC(C)CCn1ccc2c(cnc3nc(C4CCCCC4)nn32)c1=O. The lowest BCUT2D eigenvalue weighted by atomic mass is 9.89. The van der Waals surface area contributed by atoms with Gasteiger partial charge in [0.05, 0.1) is 10.9 Å². The number of nitrogens with zero attached hydrogens (tertiary/aromatic N) is 5. The zero-order valence-corrected chi connectivity index (χ0v) is 15.0. The van der Waals surface area contributed by atoms with Crippen LogP contribution in [0.3, 0.4) is 0 Å².